The average Bonchev–Trinajstić information content (AvgIpc) is 3.32. The van der Waals surface area contributed by atoms with Crippen molar-refractivity contribution in [3.05, 3.63) is 60.2 Å². The van der Waals surface area contributed by atoms with Gasteiger partial charge in [-0.2, -0.15) is 4.31 Å². The summed E-state index contributed by atoms with van der Waals surface area (Å²) in [6.07, 6.45) is 6.39. The highest BCUT2D eigenvalue weighted by atomic mass is 32.2. The standard InChI is InChI=1S/C24H29N3O4S/c28-23(25-18-10-3-1-4-11-18)20-14-7-8-15-21(20)26-24(29)22-16-9-17-27(22)32(30,31)19-12-5-2-6-13-19/h2,5-8,12-15,18,22H,1,3-4,9-11,16-17H2,(H,25,28)(H,26,29). The third-order valence-corrected chi connectivity index (χ3v) is 8.15. The predicted molar refractivity (Wildman–Crippen MR) is 123 cm³/mol. The minimum absolute atomic E-state index is 0.154. The van der Waals surface area contributed by atoms with Crippen LogP contribution in [-0.4, -0.2) is 43.2 Å². The molecule has 2 aromatic rings. The van der Waals surface area contributed by atoms with Gasteiger partial charge in [-0.05, 0) is 49.9 Å². The van der Waals surface area contributed by atoms with Gasteiger partial charge in [-0.3, -0.25) is 9.59 Å². The summed E-state index contributed by atoms with van der Waals surface area (Å²) in [6.45, 7) is 0.291. The van der Waals surface area contributed by atoms with Gasteiger partial charge < -0.3 is 10.6 Å². The molecule has 2 aromatic carbocycles. The van der Waals surface area contributed by atoms with E-state index in [1.54, 1.807) is 42.5 Å². The van der Waals surface area contributed by atoms with Crippen molar-refractivity contribution in [3.8, 4) is 0 Å². The van der Waals surface area contributed by atoms with Crippen molar-refractivity contribution in [2.75, 3.05) is 11.9 Å². The monoisotopic (exact) mass is 455 g/mol. The van der Waals surface area contributed by atoms with Crippen molar-refractivity contribution in [1.29, 1.82) is 0 Å². The number of anilines is 1. The number of hydrogen-bond acceptors (Lipinski definition) is 4. The van der Waals surface area contributed by atoms with Crippen molar-refractivity contribution >= 4 is 27.5 Å². The summed E-state index contributed by atoms with van der Waals surface area (Å²) in [5.74, 6) is -0.632. The number of benzene rings is 2. The number of carbonyl (C=O) groups excluding carboxylic acids is 2. The number of nitrogens with zero attached hydrogens (tertiary/aromatic N) is 1. The maximum absolute atomic E-state index is 13.1. The molecule has 0 radical (unpaired) electrons. The number of hydrogen-bond donors (Lipinski definition) is 2. The molecule has 1 saturated carbocycles. The van der Waals surface area contributed by atoms with E-state index in [0.29, 0.717) is 30.6 Å². The lowest BCUT2D eigenvalue weighted by molar-refractivity contribution is -0.119. The summed E-state index contributed by atoms with van der Waals surface area (Å²) in [5, 5.41) is 5.89. The van der Waals surface area contributed by atoms with Crippen LogP contribution >= 0.6 is 0 Å². The van der Waals surface area contributed by atoms with Gasteiger partial charge in [0.1, 0.15) is 6.04 Å². The zero-order valence-electron chi connectivity index (χ0n) is 18.0. The van der Waals surface area contributed by atoms with Crippen LogP contribution in [0.3, 0.4) is 0 Å². The second kappa shape index (κ2) is 9.83. The molecule has 2 N–H and O–H groups in total. The maximum atomic E-state index is 13.1. The SMILES string of the molecule is O=C(NC1CCCCC1)c1ccccc1NC(=O)C1CCCN1S(=O)(=O)c1ccccc1. The van der Waals surface area contributed by atoms with Gasteiger partial charge in [0.15, 0.2) is 0 Å². The van der Waals surface area contributed by atoms with Gasteiger partial charge in [0.2, 0.25) is 15.9 Å². The van der Waals surface area contributed by atoms with Crippen LogP contribution in [0.4, 0.5) is 5.69 Å². The van der Waals surface area contributed by atoms with Crippen LogP contribution in [-0.2, 0) is 14.8 Å². The molecule has 1 saturated heterocycles. The third-order valence-electron chi connectivity index (χ3n) is 6.23. The number of carbonyl (C=O) groups is 2. The Balaban J connectivity index is 1.49. The molecule has 0 aromatic heterocycles. The average molecular weight is 456 g/mol. The molecule has 1 aliphatic heterocycles. The van der Waals surface area contributed by atoms with E-state index in [9.17, 15) is 18.0 Å². The van der Waals surface area contributed by atoms with Gasteiger partial charge in [-0.15, -0.1) is 0 Å². The number of nitrogens with one attached hydrogen (secondary N) is 2. The molecule has 32 heavy (non-hydrogen) atoms. The van der Waals surface area contributed by atoms with Gasteiger partial charge >= 0.3 is 0 Å². The van der Waals surface area contributed by atoms with Gasteiger partial charge in [-0.1, -0.05) is 49.6 Å². The van der Waals surface area contributed by atoms with Crippen molar-refractivity contribution < 1.29 is 18.0 Å². The van der Waals surface area contributed by atoms with Gasteiger partial charge in [0, 0.05) is 12.6 Å². The molecule has 2 amide bonds. The first-order valence-corrected chi connectivity index (χ1v) is 12.7. The minimum Gasteiger partial charge on any atom is -0.349 e. The van der Waals surface area contributed by atoms with E-state index in [-0.39, 0.29) is 16.8 Å². The summed E-state index contributed by atoms with van der Waals surface area (Å²) in [6, 6.07) is 14.4. The van der Waals surface area contributed by atoms with Crippen molar-refractivity contribution in [3.63, 3.8) is 0 Å². The number of para-hydroxylation sites is 1. The summed E-state index contributed by atoms with van der Waals surface area (Å²) in [7, 11) is -3.78. The number of amides is 2. The lowest BCUT2D eigenvalue weighted by Crippen LogP contribution is -2.43. The first kappa shape index (κ1) is 22.5. The van der Waals surface area contributed by atoms with Crippen LogP contribution in [0.1, 0.15) is 55.3 Å². The fourth-order valence-electron chi connectivity index (χ4n) is 4.53. The second-order valence-corrected chi connectivity index (χ2v) is 10.3. The first-order valence-electron chi connectivity index (χ1n) is 11.2. The van der Waals surface area contributed by atoms with E-state index in [1.807, 2.05) is 0 Å². The fraction of sp³-hybridized carbons (Fsp3) is 0.417. The van der Waals surface area contributed by atoms with E-state index in [1.165, 1.54) is 22.9 Å². The summed E-state index contributed by atoms with van der Waals surface area (Å²) < 4.78 is 27.4. The molecule has 2 aliphatic rings. The van der Waals surface area contributed by atoms with Crippen LogP contribution in [0.15, 0.2) is 59.5 Å². The molecule has 8 heteroatoms. The van der Waals surface area contributed by atoms with E-state index in [2.05, 4.69) is 10.6 Å². The van der Waals surface area contributed by atoms with Crippen LogP contribution < -0.4 is 10.6 Å². The Kier molecular flexibility index (Phi) is 6.91. The smallest absolute Gasteiger partial charge is 0.253 e. The molecular weight excluding hydrogens is 426 g/mol. The molecule has 4 rings (SSSR count). The molecule has 0 bridgehead atoms. The second-order valence-electron chi connectivity index (χ2n) is 8.43. The molecule has 2 fully saturated rings. The van der Waals surface area contributed by atoms with Crippen LogP contribution in [0.2, 0.25) is 0 Å². The number of rotatable bonds is 6. The fourth-order valence-corrected chi connectivity index (χ4v) is 6.21. The zero-order valence-corrected chi connectivity index (χ0v) is 18.8. The van der Waals surface area contributed by atoms with Gasteiger partial charge in [0.25, 0.3) is 5.91 Å². The third kappa shape index (κ3) is 4.86. The molecule has 1 unspecified atom stereocenters. The van der Waals surface area contributed by atoms with Crippen molar-refractivity contribution in [1.82, 2.24) is 9.62 Å². The highest BCUT2D eigenvalue weighted by Gasteiger charge is 2.39. The molecule has 0 spiro atoms. The summed E-state index contributed by atoms with van der Waals surface area (Å²) in [5.41, 5.74) is 0.789. The lowest BCUT2D eigenvalue weighted by atomic mass is 9.95. The highest BCUT2D eigenvalue weighted by molar-refractivity contribution is 7.89. The normalized spacial score (nSPS) is 20.1. The first-order chi connectivity index (χ1) is 15.5. The summed E-state index contributed by atoms with van der Waals surface area (Å²) >= 11 is 0. The van der Waals surface area contributed by atoms with E-state index in [4.69, 9.17) is 0 Å². The van der Waals surface area contributed by atoms with Gasteiger partial charge in [-0.25, -0.2) is 8.42 Å². The topological polar surface area (TPSA) is 95.6 Å². The molecule has 7 nitrogen and oxygen atoms in total. The van der Waals surface area contributed by atoms with E-state index >= 15 is 0 Å². The Hall–Kier alpha value is -2.71. The molecule has 1 aliphatic carbocycles. The van der Waals surface area contributed by atoms with Crippen molar-refractivity contribution in [2.45, 2.75) is 61.9 Å². The van der Waals surface area contributed by atoms with Crippen LogP contribution in [0, 0.1) is 0 Å². The Morgan fingerprint density at radius 3 is 2.28 bits per heavy atom. The van der Waals surface area contributed by atoms with Gasteiger partial charge in [0.05, 0.1) is 16.1 Å². The maximum Gasteiger partial charge on any atom is 0.253 e. The zero-order chi connectivity index (χ0) is 22.6. The molecule has 1 heterocycles. The molecular formula is C24H29N3O4S. The number of sulfonamides is 1. The predicted octanol–water partition coefficient (Wildman–Crippen LogP) is 3.54. The van der Waals surface area contributed by atoms with Crippen molar-refractivity contribution in [2.24, 2.45) is 0 Å². The Labute approximate surface area is 189 Å². The highest BCUT2D eigenvalue weighted by Crippen LogP contribution is 2.27. The van der Waals surface area contributed by atoms with E-state index in [0.717, 1.165) is 25.7 Å². The minimum atomic E-state index is -3.78. The quantitative estimate of drug-likeness (QED) is 0.696. The molecule has 170 valence electrons. The Morgan fingerprint density at radius 2 is 1.53 bits per heavy atom. The Bertz CT molecular complexity index is 1070. The van der Waals surface area contributed by atoms with Crippen LogP contribution in [0.5, 0.6) is 0 Å². The summed E-state index contributed by atoms with van der Waals surface area (Å²) in [4.78, 5) is 26.2. The molecule has 1 atom stereocenters. The van der Waals surface area contributed by atoms with E-state index < -0.39 is 22.0 Å². The van der Waals surface area contributed by atoms with Crippen LogP contribution in [0.25, 0.3) is 0 Å². The largest absolute Gasteiger partial charge is 0.349 e. The Morgan fingerprint density at radius 1 is 0.844 bits per heavy atom. The lowest BCUT2D eigenvalue weighted by Gasteiger charge is -2.25.